The van der Waals surface area contributed by atoms with Gasteiger partial charge in [-0.15, -0.1) is 0 Å². The lowest BCUT2D eigenvalue weighted by atomic mass is 10.1. The number of ketones is 1. The molecule has 1 saturated heterocycles. The average molecular weight is 411 g/mol. The van der Waals surface area contributed by atoms with Crippen LogP contribution in [0.5, 0.6) is 11.5 Å². The van der Waals surface area contributed by atoms with Crippen LogP contribution in [0.25, 0.3) is 0 Å². The predicted molar refractivity (Wildman–Crippen MR) is 103 cm³/mol. The summed E-state index contributed by atoms with van der Waals surface area (Å²) in [5.41, 5.74) is 0.730. The maximum Gasteiger partial charge on any atom is 0.238 e. The molecule has 0 unspecified atom stereocenters. The number of hydrogen-bond acceptors (Lipinski definition) is 7. The van der Waals surface area contributed by atoms with Crippen molar-refractivity contribution >= 4 is 27.4 Å². The van der Waals surface area contributed by atoms with Crippen LogP contribution in [-0.4, -0.2) is 74.1 Å². The number of benzene rings is 1. The van der Waals surface area contributed by atoms with Crippen molar-refractivity contribution in [3.8, 4) is 11.5 Å². The van der Waals surface area contributed by atoms with Crippen LogP contribution in [0, 0.1) is 0 Å². The van der Waals surface area contributed by atoms with Crippen LogP contribution in [0.1, 0.15) is 31.1 Å². The number of fused-ring (bicyclic) bond motifs is 1. The highest BCUT2D eigenvalue weighted by Crippen LogP contribution is 2.37. The molecule has 2 aliphatic rings. The normalized spacial score (nSPS) is 17.7. The molecule has 1 N–H and O–H groups in total. The topological polar surface area (TPSA) is 105 Å². The van der Waals surface area contributed by atoms with E-state index in [2.05, 4.69) is 5.32 Å². The minimum absolute atomic E-state index is 0.0770. The van der Waals surface area contributed by atoms with E-state index in [0.29, 0.717) is 48.9 Å². The number of sulfonamides is 1. The number of carbonyl (C=O) groups is 2. The summed E-state index contributed by atoms with van der Waals surface area (Å²) in [4.78, 5) is 26.3. The van der Waals surface area contributed by atoms with Crippen LogP contribution in [0.2, 0.25) is 0 Å². The number of amides is 1. The first-order chi connectivity index (χ1) is 13.2. The highest BCUT2D eigenvalue weighted by Gasteiger charge is 2.30. The molecule has 0 spiro atoms. The van der Waals surface area contributed by atoms with Crippen LogP contribution in [0.15, 0.2) is 12.1 Å². The van der Waals surface area contributed by atoms with Gasteiger partial charge in [0.2, 0.25) is 22.7 Å². The second kappa shape index (κ2) is 8.06. The van der Waals surface area contributed by atoms with E-state index in [4.69, 9.17) is 9.47 Å². The van der Waals surface area contributed by atoms with E-state index in [1.165, 1.54) is 11.2 Å². The number of nitrogens with zero attached hydrogens (tertiary/aromatic N) is 2. The fourth-order valence-corrected chi connectivity index (χ4v) is 4.44. The molecule has 1 fully saturated rings. The largest absolute Gasteiger partial charge is 0.454 e. The highest BCUT2D eigenvalue weighted by atomic mass is 32.2. The van der Waals surface area contributed by atoms with E-state index in [9.17, 15) is 18.0 Å². The Kier molecular flexibility index (Phi) is 5.92. The molecule has 3 rings (SSSR count). The summed E-state index contributed by atoms with van der Waals surface area (Å²) in [5.74, 6) is 0.487. The molecule has 154 valence electrons. The summed E-state index contributed by atoms with van der Waals surface area (Å²) >= 11 is 0. The van der Waals surface area contributed by atoms with Gasteiger partial charge in [-0.1, -0.05) is 0 Å². The number of Topliss-reactive ketones (excluding diaryl/α,β-unsaturated/α-hetero) is 1. The van der Waals surface area contributed by atoms with E-state index < -0.39 is 15.3 Å². The quantitative estimate of drug-likeness (QED) is 0.694. The Hall–Kier alpha value is -2.17. The molecule has 0 saturated carbocycles. The van der Waals surface area contributed by atoms with Crippen LogP contribution >= 0.6 is 0 Å². The molecule has 0 bridgehead atoms. The van der Waals surface area contributed by atoms with Crippen molar-refractivity contribution in [3.63, 3.8) is 0 Å². The zero-order valence-corrected chi connectivity index (χ0v) is 17.0. The van der Waals surface area contributed by atoms with Gasteiger partial charge in [-0.3, -0.25) is 14.5 Å². The van der Waals surface area contributed by atoms with Gasteiger partial charge >= 0.3 is 0 Å². The van der Waals surface area contributed by atoms with Gasteiger partial charge in [-0.2, -0.15) is 4.31 Å². The van der Waals surface area contributed by atoms with Gasteiger partial charge in [-0.25, -0.2) is 8.42 Å². The van der Waals surface area contributed by atoms with Gasteiger partial charge in [0.25, 0.3) is 0 Å². The lowest BCUT2D eigenvalue weighted by Gasteiger charge is -2.34. The molecule has 2 heterocycles. The number of piperazine rings is 1. The SMILES string of the molecule is CC(=O)c1cc2c(cc1NC(=O)CN1CCN(S(=O)(=O)C(C)C)CC1)OCO2. The van der Waals surface area contributed by atoms with Crippen molar-refractivity contribution in [2.24, 2.45) is 0 Å². The standard InChI is InChI=1S/C18H25N3O6S/c1-12(2)28(24,25)21-6-4-20(5-7-21)10-18(23)19-15-9-17-16(26-11-27-17)8-14(15)13(3)22/h8-9,12H,4-7,10-11H2,1-3H3,(H,19,23). The number of nitrogens with one attached hydrogen (secondary N) is 1. The third kappa shape index (κ3) is 4.29. The molecular formula is C18H25N3O6S. The summed E-state index contributed by atoms with van der Waals surface area (Å²) in [6.45, 7) is 6.59. The maximum atomic E-state index is 12.5. The van der Waals surface area contributed by atoms with Crippen LogP contribution in [0.3, 0.4) is 0 Å². The molecule has 1 amide bonds. The number of ether oxygens (including phenoxy) is 2. The fraction of sp³-hybridized carbons (Fsp3) is 0.556. The average Bonchev–Trinajstić information content (AvgIpc) is 3.08. The number of carbonyl (C=O) groups excluding carboxylic acids is 2. The second-order valence-electron chi connectivity index (χ2n) is 7.12. The molecule has 2 aliphatic heterocycles. The fourth-order valence-electron chi connectivity index (χ4n) is 3.17. The van der Waals surface area contributed by atoms with Crippen LogP contribution < -0.4 is 14.8 Å². The summed E-state index contributed by atoms with van der Waals surface area (Å²) in [6, 6.07) is 3.15. The van der Waals surface area contributed by atoms with Gasteiger partial charge in [0, 0.05) is 37.8 Å². The van der Waals surface area contributed by atoms with E-state index in [-0.39, 0.29) is 25.0 Å². The minimum atomic E-state index is -3.28. The van der Waals surface area contributed by atoms with Crippen molar-refractivity contribution in [2.45, 2.75) is 26.0 Å². The third-order valence-corrected chi connectivity index (χ3v) is 7.10. The molecule has 1 aromatic carbocycles. The van der Waals surface area contributed by atoms with E-state index in [0.717, 1.165) is 0 Å². The van der Waals surface area contributed by atoms with Gasteiger partial charge in [0.1, 0.15) is 0 Å². The molecular weight excluding hydrogens is 386 g/mol. The van der Waals surface area contributed by atoms with E-state index >= 15 is 0 Å². The smallest absolute Gasteiger partial charge is 0.238 e. The first-order valence-corrected chi connectivity index (χ1v) is 10.6. The molecule has 10 heteroatoms. The Balaban J connectivity index is 1.61. The molecule has 0 radical (unpaired) electrons. The Morgan fingerprint density at radius 3 is 2.29 bits per heavy atom. The molecule has 9 nitrogen and oxygen atoms in total. The van der Waals surface area contributed by atoms with Gasteiger partial charge < -0.3 is 14.8 Å². The van der Waals surface area contributed by atoms with Crippen molar-refractivity contribution in [1.82, 2.24) is 9.21 Å². The zero-order chi connectivity index (χ0) is 20.5. The first kappa shape index (κ1) is 20.6. The molecule has 28 heavy (non-hydrogen) atoms. The third-order valence-electron chi connectivity index (χ3n) is 4.82. The molecule has 0 atom stereocenters. The second-order valence-corrected chi connectivity index (χ2v) is 9.61. The number of anilines is 1. The number of hydrogen-bond donors (Lipinski definition) is 1. The summed E-state index contributed by atoms with van der Waals surface area (Å²) in [6.07, 6.45) is 0. The van der Waals surface area contributed by atoms with Gasteiger partial charge in [0.05, 0.1) is 17.5 Å². The Labute approximate surface area is 164 Å². The lowest BCUT2D eigenvalue weighted by molar-refractivity contribution is -0.117. The lowest BCUT2D eigenvalue weighted by Crippen LogP contribution is -2.51. The van der Waals surface area contributed by atoms with Crippen LogP contribution in [-0.2, 0) is 14.8 Å². The van der Waals surface area contributed by atoms with E-state index in [1.54, 1.807) is 26.0 Å². The summed E-state index contributed by atoms with van der Waals surface area (Å²) in [7, 11) is -3.28. The first-order valence-electron chi connectivity index (χ1n) is 9.14. The summed E-state index contributed by atoms with van der Waals surface area (Å²) in [5, 5.41) is 2.30. The monoisotopic (exact) mass is 411 g/mol. The highest BCUT2D eigenvalue weighted by molar-refractivity contribution is 7.89. The van der Waals surface area contributed by atoms with Crippen LogP contribution in [0.4, 0.5) is 5.69 Å². The number of rotatable bonds is 6. The van der Waals surface area contributed by atoms with E-state index in [1.807, 2.05) is 4.90 Å². The molecule has 0 aromatic heterocycles. The zero-order valence-electron chi connectivity index (χ0n) is 16.2. The molecule has 1 aromatic rings. The van der Waals surface area contributed by atoms with Gasteiger partial charge in [-0.05, 0) is 26.8 Å². The molecule has 0 aliphatic carbocycles. The summed E-state index contributed by atoms with van der Waals surface area (Å²) < 4.78 is 36.5. The minimum Gasteiger partial charge on any atom is -0.454 e. The van der Waals surface area contributed by atoms with Gasteiger partial charge in [0.15, 0.2) is 17.3 Å². The maximum absolute atomic E-state index is 12.5. The van der Waals surface area contributed by atoms with Crippen molar-refractivity contribution in [3.05, 3.63) is 17.7 Å². The predicted octanol–water partition coefficient (Wildman–Crippen LogP) is 0.912. The van der Waals surface area contributed by atoms with Crippen molar-refractivity contribution in [1.29, 1.82) is 0 Å². The Morgan fingerprint density at radius 2 is 1.71 bits per heavy atom. The van der Waals surface area contributed by atoms with Crippen molar-refractivity contribution in [2.75, 3.05) is 44.8 Å². The Morgan fingerprint density at radius 1 is 1.11 bits per heavy atom. The van der Waals surface area contributed by atoms with Crippen molar-refractivity contribution < 1.29 is 27.5 Å². The Bertz CT molecular complexity index is 876.